The van der Waals surface area contributed by atoms with Crippen molar-refractivity contribution in [2.75, 3.05) is 20.2 Å². The number of carbonyl (C=O) groups is 2. The highest BCUT2D eigenvalue weighted by atomic mass is 16.5. The number of methoxy groups -OCH3 is 1. The molecule has 1 unspecified atom stereocenters. The monoisotopic (exact) mass is 540 g/mol. The van der Waals surface area contributed by atoms with E-state index in [0.717, 1.165) is 5.56 Å². The van der Waals surface area contributed by atoms with Gasteiger partial charge in [-0.2, -0.15) is 0 Å². The standard InChI is InChI=1S/C33H36N2O5/c1-21(2)30(35(18-8-17-34)33(38)25-13-11-24(12-14-25)22(3)36)32-28(19-23-9-6-5-7-10-23)31(37)27-16-15-26(39-4)20-29(27)40-32/h5-7,9-16,20-21,30H,8,17-19,34H2,1-4H3. The Morgan fingerprint density at radius 3 is 2.25 bits per heavy atom. The fourth-order valence-corrected chi connectivity index (χ4v) is 5.01. The van der Waals surface area contributed by atoms with E-state index in [-0.39, 0.29) is 23.0 Å². The van der Waals surface area contributed by atoms with Gasteiger partial charge in [0.05, 0.1) is 18.5 Å². The SMILES string of the molecule is COc1ccc2c(=O)c(Cc3ccccc3)c(C(C(C)C)N(CCCN)C(=O)c3ccc(C(C)=O)cc3)oc2c1. The summed E-state index contributed by atoms with van der Waals surface area (Å²) in [4.78, 5) is 41.6. The van der Waals surface area contributed by atoms with Gasteiger partial charge in [0, 0.05) is 35.7 Å². The second-order valence-electron chi connectivity index (χ2n) is 10.3. The van der Waals surface area contributed by atoms with E-state index in [1.54, 1.807) is 54.5 Å². The van der Waals surface area contributed by atoms with Gasteiger partial charge in [-0.05, 0) is 55.6 Å². The predicted octanol–water partition coefficient (Wildman–Crippen LogP) is 5.78. The van der Waals surface area contributed by atoms with Crippen molar-refractivity contribution < 1.29 is 18.7 Å². The van der Waals surface area contributed by atoms with Crippen molar-refractivity contribution in [2.45, 2.75) is 39.7 Å². The number of Topliss-reactive ketones (excluding diaryl/α,β-unsaturated/α-hetero) is 1. The Labute approximate surface area is 234 Å². The summed E-state index contributed by atoms with van der Waals surface area (Å²) in [6, 6.07) is 21.0. The van der Waals surface area contributed by atoms with Crippen molar-refractivity contribution >= 4 is 22.7 Å². The lowest BCUT2D eigenvalue weighted by molar-refractivity contribution is 0.0587. The molecule has 0 saturated heterocycles. The molecule has 2 N–H and O–H groups in total. The van der Waals surface area contributed by atoms with Crippen LogP contribution in [0.4, 0.5) is 0 Å². The first-order chi connectivity index (χ1) is 19.2. The van der Waals surface area contributed by atoms with Gasteiger partial charge in [0.2, 0.25) is 0 Å². The van der Waals surface area contributed by atoms with Crippen LogP contribution in [0.2, 0.25) is 0 Å². The van der Waals surface area contributed by atoms with Crippen LogP contribution < -0.4 is 15.9 Å². The third-order valence-electron chi connectivity index (χ3n) is 7.09. The molecule has 1 aromatic heterocycles. The molecule has 3 aromatic carbocycles. The summed E-state index contributed by atoms with van der Waals surface area (Å²) in [6.45, 7) is 6.28. The fourth-order valence-electron chi connectivity index (χ4n) is 5.01. The summed E-state index contributed by atoms with van der Waals surface area (Å²) in [7, 11) is 1.56. The van der Waals surface area contributed by atoms with Crippen molar-refractivity contribution in [1.82, 2.24) is 4.90 Å². The third-order valence-corrected chi connectivity index (χ3v) is 7.09. The second kappa shape index (κ2) is 12.7. The number of nitrogens with two attached hydrogens (primary N) is 1. The lowest BCUT2D eigenvalue weighted by atomic mass is 9.91. The smallest absolute Gasteiger partial charge is 0.254 e. The topological polar surface area (TPSA) is 103 Å². The number of fused-ring (bicyclic) bond motifs is 1. The predicted molar refractivity (Wildman–Crippen MR) is 157 cm³/mol. The van der Waals surface area contributed by atoms with Crippen LogP contribution in [-0.4, -0.2) is 36.8 Å². The molecule has 0 spiro atoms. The number of rotatable bonds is 11. The fraction of sp³-hybridized carbons (Fsp3) is 0.303. The minimum atomic E-state index is -0.548. The first kappa shape index (κ1) is 28.8. The molecule has 0 saturated carbocycles. The van der Waals surface area contributed by atoms with Crippen molar-refractivity contribution in [3.05, 3.63) is 111 Å². The minimum absolute atomic E-state index is 0.0713. The molecule has 0 aliphatic heterocycles. The third kappa shape index (κ3) is 6.15. The molecule has 7 nitrogen and oxygen atoms in total. The Hall–Kier alpha value is -4.23. The number of amides is 1. The van der Waals surface area contributed by atoms with Crippen molar-refractivity contribution in [1.29, 1.82) is 0 Å². The molecule has 1 heterocycles. The molecule has 40 heavy (non-hydrogen) atoms. The maximum absolute atomic E-state index is 14.0. The zero-order valence-electron chi connectivity index (χ0n) is 23.5. The average Bonchev–Trinajstić information content (AvgIpc) is 2.96. The van der Waals surface area contributed by atoms with E-state index in [9.17, 15) is 14.4 Å². The molecule has 0 aliphatic rings. The highest BCUT2D eigenvalue weighted by molar-refractivity contribution is 5.98. The Morgan fingerprint density at radius 1 is 0.975 bits per heavy atom. The van der Waals surface area contributed by atoms with E-state index < -0.39 is 6.04 Å². The maximum Gasteiger partial charge on any atom is 0.254 e. The Kier molecular flexibility index (Phi) is 9.17. The van der Waals surface area contributed by atoms with Gasteiger partial charge in [0.25, 0.3) is 5.91 Å². The van der Waals surface area contributed by atoms with Gasteiger partial charge in [-0.1, -0.05) is 56.3 Å². The van der Waals surface area contributed by atoms with E-state index in [1.165, 1.54) is 6.92 Å². The Balaban J connectivity index is 1.92. The molecule has 0 bridgehead atoms. The average molecular weight is 541 g/mol. The quantitative estimate of drug-likeness (QED) is 0.242. The van der Waals surface area contributed by atoms with Gasteiger partial charge in [-0.3, -0.25) is 14.4 Å². The second-order valence-corrected chi connectivity index (χ2v) is 10.3. The van der Waals surface area contributed by atoms with E-state index in [0.29, 0.717) is 65.1 Å². The molecule has 1 atom stereocenters. The molecular formula is C33H36N2O5. The zero-order valence-corrected chi connectivity index (χ0v) is 23.5. The van der Waals surface area contributed by atoms with Crippen LogP contribution in [-0.2, 0) is 6.42 Å². The number of carbonyl (C=O) groups excluding carboxylic acids is 2. The van der Waals surface area contributed by atoms with Gasteiger partial charge < -0.3 is 19.8 Å². The Morgan fingerprint density at radius 2 is 1.65 bits per heavy atom. The molecule has 0 fully saturated rings. The van der Waals surface area contributed by atoms with Crippen LogP contribution >= 0.6 is 0 Å². The molecule has 0 aliphatic carbocycles. The number of nitrogens with zero attached hydrogens (tertiary/aromatic N) is 1. The highest BCUT2D eigenvalue weighted by Crippen LogP contribution is 2.35. The molecule has 208 valence electrons. The molecule has 1 amide bonds. The summed E-state index contributed by atoms with van der Waals surface area (Å²) in [5.41, 5.74) is 8.61. The molecular weight excluding hydrogens is 504 g/mol. The maximum atomic E-state index is 14.0. The van der Waals surface area contributed by atoms with Crippen LogP contribution in [0.3, 0.4) is 0 Å². The van der Waals surface area contributed by atoms with Crippen LogP contribution in [0.1, 0.15) is 70.8 Å². The summed E-state index contributed by atoms with van der Waals surface area (Å²) in [5, 5.41) is 0.456. The number of benzene rings is 3. The van der Waals surface area contributed by atoms with Gasteiger partial charge >= 0.3 is 0 Å². The summed E-state index contributed by atoms with van der Waals surface area (Å²) < 4.78 is 12.0. The lowest BCUT2D eigenvalue weighted by Gasteiger charge is -2.35. The molecule has 7 heteroatoms. The zero-order chi connectivity index (χ0) is 28.8. The van der Waals surface area contributed by atoms with Crippen LogP contribution in [0.25, 0.3) is 11.0 Å². The van der Waals surface area contributed by atoms with Gasteiger partial charge in [0.1, 0.15) is 17.1 Å². The summed E-state index contributed by atoms with van der Waals surface area (Å²) >= 11 is 0. The van der Waals surface area contributed by atoms with Gasteiger partial charge in [-0.25, -0.2) is 0 Å². The highest BCUT2D eigenvalue weighted by Gasteiger charge is 2.33. The van der Waals surface area contributed by atoms with Crippen molar-refractivity contribution in [3.63, 3.8) is 0 Å². The van der Waals surface area contributed by atoms with Gasteiger partial charge in [0.15, 0.2) is 11.2 Å². The summed E-state index contributed by atoms with van der Waals surface area (Å²) in [5.74, 6) is 0.633. The lowest BCUT2D eigenvalue weighted by Crippen LogP contribution is -2.40. The van der Waals surface area contributed by atoms with Crippen LogP contribution in [0.15, 0.2) is 82.0 Å². The number of hydrogen-bond donors (Lipinski definition) is 1. The first-order valence-corrected chi connectivity index (χ1v) is 13.5. The first-order valence-electron chi connectivity index (χ1n) is 13.5. The van der Waals surface area contributed by atoms with E-state index in [1.807, 2.05) is 44.2 Å². The van der Waals surface area contributed by atoms with E-state index in [4.69, 9.17) is 14.9 Å². The number of hydrogen-bond acceptors (Lipinski definition) is 6. The van der Waals surface area contributed by atoms with E-state index >= 15 is 0 Å². The van der Waals surface area contributed by atoms with E-state index in [2.05, 4.69) is 0 Å². The summed E-state index contributed by atoms with van der Waals surface area (Å²) in [6.07, 6.45) is 0.927. The number of ether oxygens (including phenoxy) is 1. The van der Waals surface area contributed by atoms with Gasteiger partial charge in [-0.15, -0.1) is 0 Å². The van der Waals surface area contributed by atoms with Crippen molar-refractivity contribution in [3.8, 4) is 5.75 Å². The molecule has 0 radical (unpaired) electrons. The minimum Gasteiger partial charge on any atom is -0.497 e. The molecule has 4 aromatic rings. The van der Waals surface area contributed by atoms with Crippen LogP contribution in [0, 0.1) is 5.92 Å². The largest absolute Gasteiger partial charge is 0.497 e. The normalized spacial score (nSPS) is 11.9. The Bertz CT molecular complexity index is 1540. The molecule has 4 rings (SSSR count). The number of ketones is 1. The van der Waals surface area contributed by atoms with Crippen molar-refractivity contribution in [2.24, 2.45) is 11.7 Å². The van der Waals surface area contributed by atoms with Crippen LogP contribution in [0.5, 0.6) is 5.75 Å².